The molecule has 0 fully saturated rings. The zero-order valence-electron chi connectivity index (χ0n) is 13.2. The third kappa shape index (κ3) is 2.48. The molecule has 0 spiro atoms. The van der Waals surface area contributed by atoms with Crippen LogP contribution in [-0.4, -0.2) is 23.0 Å². The van der Waals surface area contributed by atoms with Gasteiger partial charge in [-0.05, 0) is 41.4 Å². The summed E-state index contributed by atoms with van der Waals surface area (Å²) >= 11 is 3.26. The van der Waals surface area contributed by atoms with Gasteiger partial charge in [0.1, 0.15) is 16.5 Å². The van der Waals surface area contributed by atoms with E-state index in [0.29, 0.717) is 32.6 Å². The van der Waals surface area contributed by atoms with Crippen molar-refractivity contribution >= 4 is 42.5 Å². The molecule has 3 rings (SSSR count). The van der Waals surface area contributed by atoms with Gasteiger partial charge >= 0.3 is 0 Å². The summed E-state index contributed by atoms with van der Waals surface area (Å²) in [5.74, 6) is 0.572. The Kier molecular flexibility index (Phi) is 3.89. The maximum atomic E-state index is 12.7. The number of aryl methyl sites for hydroxylation is 2. The van der Waals surface area contributed by atoms with E-state index in [2.05, 4.69) is 36.7 Å². The summed E-state index contributed by atoms with van der Waals surface area (Å²) in [5.41, 5.74) is 2.30. The number of nitriles is 1. The van der Waals surface area contributed by atoms with Crippen molar-refractivity contribution in [1.82, 2.24) is 14.5 Å². The minimum absolute atomic E-state index is 0.0803. The number of sulfonamides is 1. The summed E-state index contributed by atoms with van der Waals surface area (Å²) in [6.45, 7) is 3.59. The fourth-order valence-corrected chi connectivity index (χ4v) is 4.66. The van der Waals surface area contributed by atoms with E-state index in [4.69, 9.17) is 0 Å². The molecule has 0 aliphatic heterocycles. The second-order valence-electron chi connectivity index (χ2n) is 5.41. The first kappa shape index (κ1) is 16.5. The maximum absolute atomic E-state index is 12.7. The first-order valence-electron chi connectivity index (χ1n) is 6.98. The number of halogens is 1. The standard InChI is InChI=1S/C15H14BrN5O2S/c1-8-4-5-11(13-12(8)10(6-17)7-18-13)20-24(22,23)15-14(16)21(3)9(2)19-15/h4-5,7,18,20H,1-3H3. The summed E-state index contributed by atoms with van der Waals surface area (Å²) in [4.78, 5) is 7.07. The van der Waals surface area contributed by atoms with Crippen LogP contribution in [0, 0.1) is 25.2 Å². The molecular formula is C15H14BrN5O2S. The molecule has 0 radical (unpaired) electrons. The highest BCUT2D eigenvalue weighted by atomic mass is 79.9. The van der Waals surface area contributed by atoms with Crippen LogP contribution in [-0.2, 0) is 17.1 Å². The van der Waals surface area contributed by atoms with Crippen LogP contribution in [0.2, 0.25) is 0 Å². The predicted molar refractivity (Wildman–Crippen MR) is 94.2 cm³/mol. The van der Waals surface area contributed by atoms with Crippen molar-refractivity contribution in [3.8, 4) is 6.07 Å². The largest absolute Gasteiger partial charge is 0.358 e. The van der Waals surface area contributed by atoms with Gasteiger partial charge < -0.3 is 9.55 Å². The van der Waals surface area contributed by atoms with Gasteiger partial charge in [-0.25, -0.2) is 4.98 Å². The van der Waals surface area contributed by atoms with Crippen LogP contribution in [0.3, 0.4) is 0 Å². The number of hydrogen-bond donors (Lipinski definition) is 2. The van der Waals surface area contributed by atoms with E-state index >= 15 is 0 Å². The number of aromatic nitrogens is 3. The van der Waals surface area contributed by atoms with Gasteiger partial charge in [0.25, 0.3) is 10.0 Å². The lowest BCUT2D eigenvalue weighted by Crippen LogP contribution is -2.14. The fourth-order valence-electron chi connectivity index (χ4n) is 2.51. The molecule has 0 saturated carbocycles. The molecule has 1 aromatic carbocycles. The first-order chi connectivity index (χ1) is 11.3. The summed E-state index contributed by atoms with van der Waals surface area (Å²) in [5, 5.41) is 9.81. The van der Waals surface area contributed by atoms with Crippen molar-refractivity contribution in [3.05, 3.63) is 39.9 Å². The molecule has 7 nitrogen and oxygen atoms in total. The molecule has 0 bridgehead atoms. The number of nitrogens with zero attached hydrogens (tertiary/aromatic N) is 3. The molecule has 2 aromatic heterocycles. The molecule has 0 aliphatic rings. The number of rotatable bonds is 3. The lowest BCUT2D eigenvalue weighted by atomic mass is 10.1. The van der Waals surface area contributed by atoms with Crippen LogP contribution < -0.4 is 4.72 Å². The Morgan fingerprint density at radius 2 is 2.08 bits per heavy atom. The molecule has 24 heavy (non-hydrogen) atoms. The average molecular weight is 408 g/mol. The summed E-state index contributed by atoms with van der Waals surface area (Å²) < 4.78 is 30.0. The molecule has 3 aromatic rings. The SMILES string of the molecule is Cc1ccc(NS(=O)(=O)c2nc(C)n(C)c2Br)c2[nH]cc(C#N)c12. The number of H-pyrrole nitrogens is 1. The Morgan fingerprint density at radius 1 is 1.38 bits per heavy atom. The number of anilines is 1. The highest BCUT2D eigenvalue weighted by Crippen LogP contribution is 2.31. The summed E-state index contributed by atoms with van der Waals surface area (Å²) in [6.07, 6.45) is 1.57. The molecule has 0 saturated heterocycles. The van der Waals surface area contributed by atoms with Gasteiger partial charge in [0.2, 0.25) is 5.03 Å². The van der Waals surface area contributed by atoms with Gasteiger partial charge in [-0.2, -0.15) is 13.7 Å². The first-order valence-corrected chi connectivity index (χ1v) is 9.26. The van der Waals surface area contributed by atoms with Crippen LogP contribution in [0.5, 0.6) is 0 Å². The number of aromatic amines is 1. The van der Waals surface area contributed by atoms with Crippen LogP contribution >= 0.6 is 15.9 Å². The minimum Gasteiger partial charge on any atom is -0.358 e. The van der Waals surface area contributed by atoms with Gasteiger partial charge in [-0.15, -0.1) is 0 Å². The lowest BCUT2D eigenvalue weighted by Gasteiger charge is -2.09. The second-order valence-corrected chi connectivity index (χ2v) is 7.76. The molecule has 0 atom stereocenters. The number of fused-ring (bicyclic) bond motifs is 1. The normalized spacial score (nSPS) is 11.6. The number of nitrogens with one attached hydrogen (secondary N) is 2. The van der Waals surface area contributed by atoms with Crippen LogP contribution in [0.4, 0.5) is 5.69 Å². The third-order valence-corrected chi connectivity index (χ3v) is 6.34. The predicted octanol–water partition coefficient (Wildman–Crippen LogP) is 2.95. The molecule has 9 heteroatoms. The number of hydrogen-bond acceptors (Lipinski definition) is 4. The van der Waals surface area contributed by atoms with Crippen molar-refractivity contribution in [3.63, 3.8) is 0 Å². The highest BCUT2D eigenvalue weighted by Gasteiger charge is 2.25. The molecule has 124 valence electrons. The molecule has 0 aliphatic carbocycles. The van der Waals surface area contributed by atoms with Crippen molar-refractivity contribution in [1.29, 1.82) is 5.26 Å². The van der Waals surface area contributed by atoms with Crippen molar-refractivity contribution in [2.45, 2.75) is 18.9 Å². The van der Waals surface area contributed by atoms with Gasteiger partial charge in [-0.3, -0.25) is 4.72 Å². The van der Waals surface area contributed by atoms with E-state index in [9.17, 15) is 13.7 Å². The smallest absolute Gasteiger partial charge is 0.282 e. The maximum Gasteiger partial charge on any atom is 0.282 e. The Bertz CT molecular complexity index is 1110. The lowest BCUT2D eigenvalue weighted by molar-refractivity contribution is 0.597. The van der Waals surface area contributed by atoms with Crippen molar-refractivity contribution in [2.75, 3.05) is 4.72 Å². The Hall–Kier alpha value is -2.31. The zero-order valence-corrected chi connectivity index (χ0v) is 15.6. The summed E-state index contributed by atoms with van der Waals surface area (Å²) in [6, 6.07) is 5.54. The molecule has 2 N–H and O–H groups in total. The van der Waals surface area contributed by atoms with Crippen LogP contribution in [0.15, 0.2) is 28.0 Å². The quantitative estimate of drug-likeness (QED) is 0.695. The highest BCUT2D eigenvalue weighted by molar-refractivity contribution is 9.10. The van der Waals surface area contributed by atoms with Gasteiger partial charge in [0, 0.05) is 18.6 Å². The van der Waals surface area contributed by atoms with E-state index in [0.717, 1.165) is 5.56 Å². The topological polar surface area (TPSA) is 104 Å². The Labute approximate surface area is 147 Å². The minimum atomic E-state index is -3.88. The van der Waals surface area contributed by atoms with E-state index in [-0.39, 0.29) is 5.03 Å². The van der Waals surface area contributed by atoms with Gasteiger partial charge in [0.05, 0.1) is 16.8 Å². The fraction of sp³-hybridized carbons (Fsp3) is 0.200. The van der Waals surface area contributed by atoms with E-state index in [1.807, 2.05) is 6.92 Å². The van der Waals surface area contributed by atoms with Crippen molar-refractivity contribution in [2.24, 2.45) is 7.05 Å². The Balaban J connectivity index is 2.13. The molecule has 2 heterocycles. The van der Waals surface area contributed by atoms with Gasteiger partial charge in [0.15, 0.2) is 0 Å². The van der Waals surface area contributed by atoms with E-state index in [1.54, 1.807) is 36.9 Å². The van der Waals surface area contributed by atoms with Crippen LogP contribution in [0.1, 0.15) is 17.0 Å². The third-order valence-electron chi connectivity index (χ3n) is 3.88. The monoisotopic (exact) mass is 407 g/mol. The van der Waals surface area contributed by atoms with E-state index in [1.165, 1.54) is 0 Å². The van der Waals surface area contributed by atoms with E-state index < -0.39 is 10.0 Å². The molecular weight excluding hydrogens is 394 g/mol. The van der Waals surface area contributed by atoms with Crippen LogP contribution in [0.25, 0.3) is 10.9 Å². The van der Waals surface area contributed by atoms with Gasteiger partial charge in [-0.1, -0.05) is 6.07 Å². The number of benzene rings is 1. The zero-order chi connectivity index (χ0) is 17.6. The molecule has 0 unspecified atom stereocenters. The van der Waals surface area contributed by atoms with Crippen molar-refractivity contribution < 1.29 is 8.42 Å². The summed E-state index contributed by atoms with van der Waals surface area (Å²) in [7, 11) is -2.16. The average Bonchev–Trinajstić information content (AvgIpc) is 3.08. The second kappa shape index (κ2) is 5.65. The molecule has 0 amide bonds. The number of imidazole rings is 1. The Morgan fingerprint density at radius 3 is 2.67 bits per heavy atom.